The van der Waals surface area contributed by atoms with Gasteiger partial charge in [-0.3, -0.25) is 4.79 Å². The van der Waals surface area contributed by atoms with Crippen molar-refractivity contribution in [2.24, 2.45) is 0 Å². The van der Waals surface area contributed by atoms with Crippen LogP contribution in [0.2, 0.25) is 0 Å². The van der Waals surface area contributed by atoms with E-state index in [9.17, 15) is 40.3 Å². The van der Waals surface area contributed by atoms with Crippen LogP contribution < -0.4 is 0 Å². The van der Waals surface area contributed by atoms with Gasteiger partial charge in [0.15, 0.2) is 0 Å². The number of benzene rings is 2. The number of Topliss-reactive ketones (excluding diaryl/α,β-unsaturated/α-hetero) is 1. The van der Waals surface area contributed by atoms with Crippen molar-refractivity contribution >= 4 is 11.8 Å². The lowest BCUT2D eigenvalue weighted by molar-refractivity contribution is -0.157. The average Bonchev–Trinajstić information content (AvgIpc) is 2.69. The zero-order chi connectivity index (χ0) is 24.1. The molecule has 1 atom stereocenters. The average molecular weight is 468 g/mol. The Hall–Kier alpha value is -2.99. The second-order valence-corrected chi connectivity index (χ2v) is 6.44. The Kier molecular flexibility index (Phi) is 7.97. The smallest absolute Gasteiger partial charge is 0.416 e. The van der Waals surface area contributed by atoms with Crippen LogP contribution in [0.5, 0.6) is 0 Å². The van der Waals surface area contributed by atoms with Crippen LogP contribution in [-0.4, -0.2) is 36.4 Å². The molecule has 0 spiro atoms. The molecular formula is C20H15F7O5. The van der Waals surface area contributed by atoms with Gasteiger partial charge < -0.3 is 14.6 Å². The van der Waals surface area contributed by atoms with Gasteiger partial charge in [0.1, 0.15) is 12.4 Å². The van der Waals surface area contributed by atoms with Gasteiger partial charge in [-0.15, -0.1) is 0 Å². The molecule has 12 heteroatoms. The van der Waals surface area contributed by atoms with E-state index in [1.165, 1.54) is 0 Å². The minimum atomic E-state index is -5.03. The van der Waals surface area contributed by atoms with Crippen LogP contribution in [0, 0.1) is 5.82 Å². The summed E-state index contributed by atoms with van der Waals surface area (Å²) in [6, 6.07) is 5.02. The van der Waals surface area contributed by atoms with Gasteiger partial charge in [0.05, 0.1) is 17.7 Å². The molecule has 0 heterocycles. The number of ketones is 1. The number of carboxylic acids is 1. The molecule has 1 N–H and O–H groups in total. The fourth-order valence-corrected chi connectivity index (χ4v) is 2.54. The first-order chi connectivity index (χ1) is 14.8. The highest BCUT2D eigenvalue weighted by atomic mass is 19.4. The highest BCUT2D eigenvalue weighted by Gasteiger charge is 2.36. The number of ether oxygens (including phenoxy) is 2. The highest BCUT2D eigenvalue weighted by molar-refractivity contribution is 5.98. The molecule has 2 rings (SSSR count). The number of aliphatic carboxylic acids is 1. The molecule has 0 fully saturated rings. The van der Waals surface area contributed by atoms with Gasteiger partial charge >= 0.3 is 18.3 Å². The predicted octanol–water partition coefficient (Wildman–Crippen LogP) is 4.73. The summed E-state index contributed by atoms with van der Waals surface area (Å²) >= 11 is 0. The van der Waals surface area contributed by atoms with Crippen molar-refractivity contribution in [2.75, 3.05) is 13.2 Å². The van der Waals surface area contributed by atoms with E-state index < -0.39 is 67.0 Å². The third kappa shape index (κ3) is 7.31. The molecule has 0 saturated carbocycles. The molecule has 0 unspecified atom stereocenters. The first kappa shape index (κ1) is 25.3. The summed E-state index contributed by atoms with van der Waals surface area (Å²) in [7, 11) is 0. The Bertz CT molecular complexity index is 920. The molecule has 0 aliphatic carbocycles. The monoisotopic (exact) mass is 468 g/mol. The predicted molar refractivity (Wildman–Crippen MR) is 94.2 cm³/mol. The van der Waals surface area contributed by atoms with E-state index in [0.29, 0.717) is 12.1 Å². The summed E-state index contributed by atoms with van der Waals surface area (Å²) in [5.74, 6) is -3.03. The minimum Gasteiger partial charge on any atom is -0.480 e. The number of hydrogen-bond acceptors (Lipinski definition) is 4. The molecule has 0 saturated heterocycles. The van der Waals surface area contributed by atoms with Crippen molar-refractivity contribution in [3.05, 3.63) is 70.5 Å². The molecule has 0 bridgehead atoms. The molecule has 0 radical (unpaired) electrons. The lowest BCUT2D eigenvalue weighted by Gasteiger charge is -2.18. The molecule has 0 amide bonds. The van der Waals surface area contributed by atoms with Crippen molar-refractivity contribution in [3.63, 3.8) is 0 Å². The van der Waals surface area contributed by atoms with Crippen molar-refractivity contribution < 1.29 is 54.9 Å². The lowest BCUT2D eigenvalue weighted by atomic mass is 10.0. The van der Waals surface area contributed by atoms with Crippen molar-refractivity contribution in [1.82, 2.24) is 0 Å². The van der Waals surface area contributed by atoms with Gasteiger partial charge in [-0.2, -0.15) is 26.3 Å². The summed E-state index contributed by atoms with van der Waals surface area (Å²) in [6.45, 7) is -1.55. The first-order valence-electron chi connectivity index (χ1n) is 8.80. The number of carboxylic acid groups (broad SMARTS) is 1. The van der Waals surface area contributed by atoms with E-state index in [4.69, 9.17) is 14.6 Å². The molecule has 5 nitrogen and oxygen atoms in total. The quantitative estimate of drug-likeness (QED) is 0.327. The van der Waals surface area contributed by atoms with Crippen LogP contribution >= 0.6 is 0 Å². The van der Waals surface area contributed by atoms with Crippen LogP contribution in [0.3, 0.4) is 0 Å². The first-order valence-corrected chi connectivity index (χ1v) is 8.80. The number of halogens is 7. The van der Waals surface area contributed by atoms with E-state index in [2.05, 4.69) is 0 Å². The van der Waals surface area contributed by atoms with E-state index in [-0.39, 0.29) is 17.2 Å². The number of hydrogen-bond donors (Lipinski definition) is 1. The number of rotatable bonds is 9. The molecule has 32 heavy (non-hydrogen) atoms. The second-order valence-electron chi connectivity index (χ2n) is 6.44. The van der Waals surface area contributed by atoms with Gasteiger partial charge in [-0.05, 0) is 54.4 Å². The maximum atomic E-state index is 13.0. The molecule has 0 aromatic heterocycles. The molecule has 2 aromatic carbocycles. The number of carbonyl (C=O) groups excluding carboxylic acids is 1. The molecule has 0 aliphatic rings. The zero-order valence-electron chi connectivity index (χ0n) is 16.0. The van der Waals surface area contributed by atoms with Gasteiger partial charge in [-0.25, -0.2) is 9.18 Å². The normalized spacial score (nSPS) is 13.1. The Morgan fingerprint density at radius 3 is 1.88 bits per heavy atom. The van der Waals surface area contributed by atoms with Crippen molar-refractivity contribution in [3.8, 4) is 0 Å². The third-order valence-corrected chi connectivity index (χ3v) is 4.01. The maximum absolute atomic E-state index is 13.0. The molecular weight excluding hydrogens is 453 g/mol. The van der Waals surface area contributed by atoms with Gasteiger partial charge in [0.25, 0.3) is 0 Å². The Labute approximate surface area is 176 Å². The Morgan fingerprint density at radius 1 is 0.875 bits per heavy atom. The standard InChI is InChI=1S/C20H15F7O5/c21-15-3-1-12(2-4-15)17(30)18(32-10-16(28)29)31-6-5-11-7-13(19(22,23)24)9-14(8-11)20(25,26)27/h1-4,7-9,18H,5-6,10H2,(H,28,29)/t18-/m0/s1. The number of alkyl halides is 6. The fraction of sp³-hybridized carbons (Fsp3) is 0.300. The third-order valence-electron chi connectivity index (χ3n) is 4.01. The van der Waals surface area contributed by atoms with E-state index in [1.54, 1.807) is 0 Å². The topological polar surface area (TPSA) is 72.8 Å². The van der Waals surface area contributed by atoms with Crippen LogP contribution in [0.1, 0.15) is 27.0 Å². The highest BCUT2D eigenvalue weighted by Crippen LogP contribution is 2.36. The molecule has 2 aromatic rings. The molecule has 174 valence electrons. The van der Waals surface area contributed by atoms with Crippen LogP contribution in [-0.2, 0) is 33.0 Å². The molecule has 0 aliphatic heterocycles. The summed E-state index contributed by atoms with van der Waals surface area (Å²) in [5.41, 5.74) is -3.51. The Balaban J connectivity index is 2.18. The van der Waals surface area contributed by atoms with Gasteiger partial charge in [0, 0.05) is 5.56 Å². The SMILES string of the molecule is O=C(O)CO[C@H](OCCc1cc(C(F)(F)F)cc(C(F)(F)F)c1)C(=O)c1ccc(F)cc1. The van der Waals surface area contributed by atoms with E-state index in [1.807, 2.05) is 0 Å². The minimum absolute atomic E-state index is 0.0266. The van der Waals surface area contributed by atoms with Gasteiger partial charge in [0.2, 0.25) is 12.1 Å². The zero-order valence-corrected chi connectivity index (χ0v) is 16.0. The fourth-order valence-electron chi connectivity index (χ4n) is 2.54. The van der Waals surface area contributed by atoms with Crippen LogP contribution in [0.15, 0.2) is 42.5 Å². The van der Waals surface area contributed by atoms with E-state index in [0.717, 1.165) is 24.3 Å². The van der Waals surface area contributed by atoms with Crippen molar-refractivity contribution in [1.29, 1.82) is 0 Å². The lowest BCUT2D eigenvalue weighted by Crippen LogP contribution is -2.30. The van der Waals surface area contributed by atoms with Gasteiger partial charge in [-0.1, -0.05) is 0 Å². The summed E-state index contributed by atoms with van der Waals surface area (Å²) in [6.07, 6.45) is -12.4. The Morgan fingerprint density at radius 2 is 1.41 bits per heavy atom. The maximum Gasteiger partial charge on any atom is 0.416 e. The second kappa shape index (κ2) is 10.1. The van der Waals surface area contributed by atoms with Crippen LogP contribution in [0.25, 0.3) is 0 Å². The summed E-state index contributed by atoms with van der Waals surface area (Å²) < 4.78 is 101. The summed E-state index contributed by atoms with van der Waals surface area (Å²) in [4.78, 5) is 23.1. The van der Waals surface area contributed by atoms with E-state index >= 15 is 0 Å². The van der Waals surface area contributed by atoms with Crippen molar-refractivity contribution in [2.45, 2.75) is 25.1 Å². The van der Waals surface area contributed by atoms with Crippen LogP contribution in [0.4, 0.5) is 30.7 Å². The number of carbonyl (C=O) groups is 2. The largest absolute Gasteiger partial charge is 0.480 e. The summed E-state index contributed by atoms with van der Waals surface area (Å²) in [5, 5.41) is 8.71.